The molecule has 0 aromatic heterocycles. The fourth-order valence-corrected chi connectivity index (χ4v) is 1.93. The predicted octanol–water partition coefficient (Wildman–Crippen LogP) is 1.21. The van der Waals surface area contributed by atoms with Crippen LogP contribution >= 0.6 is 0 Å². The first-order valence-corrected chi connectivity index (χ1v) is 5.68. The van der Waals surface area contributed by atoms with Crippen molar-refractivity contribution in [2.75, 3.05) is 0 Å². The fraction of sp³-hybridized carbons (Fsp3) is 0.818. The van der Waals surface area contributed by atoms with Gasteiger partial charge in [0.1, 0.15) is 5.41 Å². The Bertz CT molecular complexity index is 306. The number of carbonyl (C=O) groups excluding carboxylic acids is 1. The van der Waals surface area contributed by atoms with E-state index in [9.17, 15) is 4.79 Å². The van der Waals surface area contributed by atoms with E-state index >= 15 is 0 Å². The van der Waals surface area contributed by atoms with E-state index in [1.165, 1.54) is 0 Å². The number of carbonyl (C=O) groups is 1. The standard InChI is InChI=1S/C11H21N3O2/c1-4-5-10(2,3)13-9(15)11(6-7-11)8(12)14-16/h16H,4-7H2,1-3H3,(H2,12,14)(H,13,15). The van der Waals surface area contributed by atoms with Crippen LogP contribution in [0.15, 0.2) is 5.16 Å². The molecule has 0 unspecified atom stereocenters. The zero-order valence-electron chi connectivity index (χ0n) is 10.2. The fourth-order valence-electron chi connectivity index (χ4n) is 1.93. The van der Waals surface area contributed by atoms with Gasteiger partial charge >= 0.3 is 0 Å². The van der Waals surface area contributed by atoms with Gasteiger partial charge in [-0.3, -0.25) is 4.79 Å². The van der Waals surface area contributed by atoms with Crippen LogP contribution in [-0.2, 0) is 4.79 Å². The molecule has 0 aromatic rings. The Morgan fingerprint density at radius 1 is 1.56 bits per heavy atom. The van der Waals surface area contributed by atoms with Crippen LogP contribution in [0.5, 0.6) is 0 Å². The molecule has 1 saturated carbocycles. The lowest BCUT2D eigenvalue weighted by molar-refractivity contribution is -0.125. The molecule has 0 radical (unpaired) electrons. The summed E-state index contributed by atoms with van der Waals surface area (Å²) < 4.78 is 0. The first kappa shape index (κ1) is 12.8. The Labute approximate surface area is 96.1 Å². The molecule has 1 aliphatic carbocycles. The lowest BCUT2D eigenvalue weighted by Crippen LogP contribution is -2.50. The van der Waals surface area contributed by atoms with E-state index in [4.69, 9.17) is 10.9 Å². The Kier molecular flexibility index (Phi) is 3.45. The summed E-state index contributed by atoms with van der Waals surface area (Å²) in [6, 6.07) is 0. The molecule has 1 aliphatic rings. The smallest absolute Gasteiger partial charge is 0.234 e. The maximum atomic E-state index is 12.0. The summed E-state index contributed by atoms with van der Waals surface area (Å²) in [4.78, 5) is 12.0. The van der Waals surface area contributed by atoms with Gasteiger partial charge < -0.3 is 16.3 Å². The highest BCUT2D eigenvalue weighted by atomic mass is 16.4. The molecule has 1 amide bonds. The molecule has 16 heavy (non-hydrogen) atoms. The van der Waals surface area contributed by atoms with Gasteiger partial charge in [0.15, 0.2) is 5.84 Å². The summed E-state index contributed by atoms with van der Waals surface area (Å²) in [6.45, 7) is 6.04. The van der Waals surface area contributed by atoms with E-state index in [-0.39, 0.29) is 17.3 Å². The van der Waals surface area contributed by atoms with Crippen molar-refractivity contribution in [1.82, 2.24) is 5.32 Å². The van der Waals surface area contributed by atoms with Crippen LogP contribution in [-0.4, -0.2) is 22.5 Å². The third-order valence-corrected chi connectivity index (χ3v) is 3.11. The molecule has 1 rings (SSSR count). The number of amidine groups is 1. The highest BCUT2D eigenvalue weighted by molar-refractivity contribution is 6.09. The number of nitrogens with zero attached hydrogens (tertiary/aromatic N) is 1. The lowest BCUT2D eigenvalue weighted by Gasteiger charge is -2.28. The Hall–Kier alpha value is -1.26. The van der Waals surface area contributed by atoms with Crippen molar-refractivity contribution in [2.24, 2.45) is 16.3 Å². The van der Waals surface area contributed by atoms with Crippen molar-refractivity contribution in [3.63, 3.8) is 0 Å². The minimum absolute atomic E-state index is 0.0253. The van der Waals surface area contributed by atoms with Crippen LogP contribution in [0.2, 0.25) is 0 Å². The van der Waals surface area contributed by atoms with E-state index in [2.05, 4.69) is 17.4 Å². The van der Waals surface area contributed by atoms with E-state index in [1.54, 1.807) is 0 Å². The van der Waals surface area contributed by atoms with Crippen molar-refractivity contribution in [3.05, 3.63) is 0 Å². The van der Waals surface area contributed by atoms with Gasteiger partial charge in [0.05, 0.1) is 0 Å². The molecule has 0 saturated heterocycles. The van der Waals surface area contributed by atoms with Crippen molar-refractivity contribution in [2.45, 2.75) is 52.0 Å². The SMILES string of the molecule is CCCC(C)(C)NC(=O)C1(C(N)=NO)CC1. The Morgan fingerprint density at radius 2 is 2.12 bits per heavy atom. The molecular formula is C11H21N3O2. The highest BCUT2D eigenvalue weighted by Crippen LogP contribution is 2.46. The number of oxime groups is 1. The predicted molar refractivity (Wildman–Crippen MR) is 62.2 cm³/mol. The summed E-state index contributed by atoms with van der Waals surface area (Å²) in [5.41, 5.74) is 4.56. The number of rotatable bonds is 5. The maximum absolute atomic E-state index is 12.0. The minimum Gasteiger partial charge on any atom is -0.409 e. The summed E-state index contributed by atoms with van der Waals surface area (Å²) in [5, 5.41) is 14.6. The molecule has 4 N–H and O–H groups in total. The van der Waals surface area contributed by atoms with Crippen LogP contribution in [0.3, 0.4) is 0 Å². The number of amides is 1. The van der Waals surface area contributed by atoms with Crippen molar-refractivity contribution >= 4 is 11.7 Å². The third kappa shape index (κ3) is 2.46. The van der Waals surface area contributed by atoms with Crippen LogP contribution < -0.4 is 11.1 Å². The molecular weight excluding hydrogens is 206 g/mol. The molecule has 0 aromatic carbocycles. The molecule has 92 valence electrons. The van der Waals surface area contributed by atoms with Gasteiger partial charge in [-0.15, -0.1) is 0 Å². The second-order valence-electron chi connectivity index (χ2n) is 5.16. The average Bonchev–Trinajstić information content (AvgIpc) is 2.96. The Morgan fingerprint density at radius 3 is 2.50 bits per heavy atom. The normalized spacial score (nSPS) is 19.3. The number of nitrogens with two attached hydrogens (primary N) is 1. The summed E-state index contributed by atoms with van der Waals surface area (Å²) in [5.74, 6) is -0.0986. The number of hydrogen-bond donors (Lipinski definition) is 3. The second kappa shape index (κ2) is 4.31. The van der Waals surface area contributed by atoms with Gasteiger partial charge in [-0.1, -0.05) is 18.5 Å². The topological polar surface area (TPSA) is 87.7 Å². The lowest BCUT2D eigenvalue weighted by atomic mass is 9.96. The van der Waals surface area contributed by atoms with Crippen molar-refractivity contribution in [1.29, 1.82) is 0 Å². The van der Waals surface area contributed by atoms with Gasteiger partial charge in [0, 0.05) is 5.54 Å². The van der Waals surface area contributed by atoms with Crippen LogP contribution in [0, 0.1) is 5.41 Å². The largest absolute Gasteiger partial charge is 0.409 e. The minimum atomic E-state index is -0.750. The van der Waals surface area contributed by atoms with Crippen LogP contribution in [0.4, 0.5) is 0 Å². The van der Waals surface area contributed by atoms with Crippen molar-refractivity contribution in [3.8, 4) is 0 Å². The molecule has 0 atom stereocenters. The number of hydrogen-bond acceptors (Lipinski definition) is 3. The average molecular weight is 227 g/mol. The zero-order valence-corrected chi connectivity index (χ0v) is 10.2. The maximum Gasteiger partial charge on any atom is 0.234 e. The number of nitrogens with one attached hydrogen (secondary N) is 1. The molecule has 0 aliphatic heterocycles. The van der Waals surface area contributed by atoms with E-state index in [1.807, 2.05) is 13.8 Å². The van der Waals surface area contributed by atoms with E-state index in [0.29, 0.717) is 12.8 Å². The first-order valence-electron chi connectivity index (χ1n) is 5.68. The molecule has 1 fully saturated rings. The summed E-state index contributed by atoms with van der Waals surface area (Å²) in [7, 11) is 0. The molecule has 0 bridgehead atoms. The van der Waals surface area contributed by atoms with Gasteiger partial charge in [0.2, 0.25) is 5.91 Å². The molecule has 0 heterocycles. The molecule has 5 nitrogen and oxygen atoms in total. The van der Waals surface area contributed by atoms with Crippen LogP contribution in [0.1, 0.15) is 46.5 Å². The quantitative estimate of drug-likeness (QED) is 0.285. The van der Waals surface area contributed by atoms with Gasteiger partial charge in [-0.2, -0.15) is 0 Å². The summed E-state index contributed by atoms with van der Waals surface area (Å²) in [6.07, 6.45) is 3.24. The highest BCUT2D eigenvalue weighted by Gasteiger charge is 2.54. The Balaban J connectivity index is 2.66. The first-order chi connectivity index (χ1) is 7.38. The molecule has 0 spiro atoms. The second-order valence-corrected chi connectivity index (χ2v) is 5.16. The van der Waals surface area contributed by atoms with Gasteiger partial charge in [-0.25, -0.2) is 0 Å². The molecule has 5 heteroatoms. The van der Waals surface area contributed by atoms with Crippen LogP contribution in [0.25, 0.3) is 0 Å². The van der Waals surface area contributed by atoms with Gasteiger partial charge in [-0.05, 0) is 33.1 Å². The van der Waals surface area contributed by atoms with Gasteiger partial charge in [0.25, 0.3) is 0 Å². The monoisotopic (exact) mass is 227 g/mol. The van der Waals surface area contributed by atoms with E-state index in [0.717, 1.165) is 12.8 Å². The van der Waals surface area contributed by atoms with Crippen molar-refractivity contribution < 1.29 is 10.0 Å². The summed E-state index contributed by atoms with van der Waals surface area (Å²) >= 11 is 0. The zero-order chi connectivity index (χ0) is 12.4. The van der Waals surface area contributed by atoms with E-state index < -0.39 is 5.41 Å². The third-order valence-electron chi connectivity index (χ3n) is 3.11.